The molecule has 0 unspecified atom stereocenters. The molecule has 0 spiro atoms. The van der Waals surface area contributed by atoms with E-state index in [1.807, 2.05) is 52.0 Å². The van der Waals surface area contributed by atoms with E-state index in [4.69, 9.17) is 18.6 Å². The van der Waals surface area contributed by atoms with Gasteiger partial charge in [0.1, 0.15) is 22.9 Å². The molecule has 0 amide bonds. The lowest BCUT2D eigenvalue weighted by molar-refractivity contribution is -0.0753. The summed E-state index contributed by atoms with van der Waals surface area (Å²) in [6, 6.07) is 7.69. The van der Waals surface area contributed by atoms with E-state index in [2.05, 4.69) is 4.98 Å². The number of aromatic nitrogens is 3. The molecule has 0 aliphatic carbocycles. The van der Waals surface area contributed by atoms with Crippen molar-refractivity contribution >= 4 is 21.6 Å². The number of hydrogen-bond acceptors (Lipinski definition) is 8. The number of hydrogen-bond donors (Lipinski definition) is 0. The average Bonchev–Trinajstić information content (AvgIpc) is 3.54. The minimum absolute atomic E-state index is 0.0219. The Morgan fingerprint density at radius 3 is 2.58 bits per heavy atom. The van der Waals surface area contributed by atoms with Crippen LogP contribution in [0.3, 0.4) is 0 Å². The zero-order valence-electron chi connectivity index (χ0n) is 22.4. The van der Waals surface area contributed by atoms with Gasteiger partial charge in [-0.2, -0.15) is 0 Å². The lowest BCUT2D eigenvalue weighted by Gasteiger charge is -2.30. The zero-order valence-corrected chi connectivity index (χ0v) is 23.2. The van der Waals surface area contributed by atoms with Crippen LogP contribution < -0.4 is 16.0 Å². The molecule has 5 rings (SSSR count). The first-order chi connectivity index (χ1) is 18.2. The van der Waals surface area contributed by atoms with Crippen LogP contribution in [0.25, 0.3) is 21.0 Å². The summed E-state index contributed by atoms with van der Waals surface area (Å²) in [6.45, 7) is 8.92. The summed E-state index contributed by atoms with van der Waals surface area (Å²) in [7, 11) is 1.62. The molecule has 0 bridgehead atoms. The maximum Gasteiger partial charge on any atom is 0.332 e. The smallest absolute Gasteiger partial charge is 0.332 e. The second-order valence-corrected chi connectivity index (χ2v) is 11.5. The van der Waals surface area contributed by atoms with Crippen molar-refractivity contribution in [2.24, 2.45) is 0 Å². The fourth-order valence-electron chi connectivity index (χ4n) is 5.00. The molecule has 9 nitrogen and oxygen atoms in total. The van der Waals surface area contributed by atoms with E-state index < -0.39 is 11.6 Å². The van der Waals surface area contributed by atoms with Crippen molar-refractivity contribution in [1.82, 2.24) is 14.1 Å². The molecule has 4 heterocycles. The second kappa shape index (κ2) is 10.5. The molecule has 1 atom stereocenters. The van der Waals surface area contributed by atoms with E-state index in [1.54, 1.807) is 17.9 Å². The fourth-order valence-corrected chi connectivity index (χ4v) is 6.24. The summed E-state index contributed by atoms with van der Waals surface area (Å²) in [5.74, 6) is 1.10. The van der Waals surface area contributed by atoms with Gasteiger partial charge in [0, 0.05) is 24.3 Å². The Kier molecular flexibility index (Phi) is 7.30. The number of aryl methyl sites for hydroxylation is 1. The Labute approximate surface area is 224 Å². The highest BCUT2D eigenvalue weighted by Crippen LogP contribution is 2.37. The first-order valence-electron chi connectivity index (χ1n) is 12.8. The van der Waals surface area contributed by atoms with E-state index in [0.29, 0.717) is 35.1 Å². The Bertz CT molecular complexity index is 1540. The predicted octanol–water partition coefficient (Wildman–Crippen LogP) is 4.89. The van der Waals surface area contributed by atoms with Crippen LogP contribution in [0.4, 0.5) is 0 Å². The third-order valence-electron chi connectivity index (χ3n) is 6.87. The summed E-state index contributed by atoms with van der Waals surface area (Å²) in [4.78, 5) is 33.4. The Hall–Kier alpha value is -3.21. The molecule has 0 N–H and O–H groups in total. The van der Waals surface area contributed by atoms with Gasteiger partial charge in [0.15, 0.2) is 0 Å². The zero-order chi connectivity index (χ0) is 27.0. The molecular formula is C28H33N3O6S. The second-order valence-electron chi connectivity index (χ2n) is 10.5. The normalized spacial score (nSPS) is 15.7. The first kappa shape index (κ1) is 26.4. The molecule has 4 aromatic rings. The van der Waals surface area contributed by atoms with Crippen molar-refractivity contribution in [1.29, 1.82) is 0 Å². The van der Waals surface area contributed by atoms with Crippen molar-refractivity contribution in [3.8, 4) is 16.5 Å². The Morgan fingerprint density at radius 2 is 1.92 bits per heavy atom. The quantitative estimate of drug-likeness (QED) is 0.330. The van der Waals surface area contributed by atoms with Crippen molar-refractivity contribution in [2.75, 3.05) is 20.3 Å². The third-order valence-corrected chi connectivity index (χ3v) is 8.17. The molecular weight excluding hydrogens is 506 g/mol. The number of thiophene rings is 1. The Morgan fingerprint density at radius 1 is 1.18 bits per heavy atom. The Balaban J connectivity index is 1.73. The summed E-state index contributed by atoms with van der Waals surface area (Å²) in [5.41, 5.74) is 0.146. The van der Waals surface area contributed by atoms with E-state index in [0.717, 1.165) is 28.8 Å². The van der Waals surface area contributed by atoms with Gasteiger partial charge >= 0.3 is 5.69 Å². The molecule has 1 aliphatic rings. The summed E-state index contributed by atoms with van der Waals surface area (Å²) >= 11 is 1.34. The highest BCUT2D eigenvalue weighted by molar-refractivity contribution is 7.22. The molecule has 1 aromatic carbocycles. The molecule has 1 fully saturated rings. The van der Waals surface area contributed by atoms with Crippen molar-refractivity contribution in [3.63, 3.8) is 0 Å². The number of rotatable bonds is 7. The van der Waals surface area contributed by atoms with Gasteiger partial charge in [0.25, 0.3) is 5.56 Å². The SMILES string of the molecule is COc1ccccc1[C@H](Cn1c(=O)n(C(C)(C)C)c(=O)c2c(C)c(-c3ncco3)sc21)OC1CCOCC1. The van der Waals surface area contributed by atoms with E-state index in [1.165, 1.54) is 22.2 Å². The van der Waals surface area contributed by atoms with Gasteiger partial charge in [0.05, 0.1) is 36.2 Å². The van der Waals surface area contributed by atoms with Crippen molar-refractivity contribution in [3.05, 3.63) is 68.7 Å². The number of methoxy groups -OCH3 is 1. The summed E-state index contributed by atoms with van der Waals surface area (Å²) in [6.07, 6.45) is 4.09. The maximum atomic E-state index is 14.1. The number of benzene rings is 1. The van der Waals surface area contributed by atoms with Crippen molar-refractivity contribution in [2.45, 2.75) is 64.8 Å². The highest BCUT2D eigenvalue weighted by Gasteiger charge is 2.30. The maximum absolute atomic E-state index is 14.1. The molecule has 202 valence electrons. The fraction of sp³-hybridized carbons (Fsp3) is 0.464. The molecule has 1 aliphatic heterocycles. The molecule has 10 heteroatoms. The molecule has 38 heavy (non-hydrogen) atoms. The highest BCUT2D eigenvalue weighted by atomic mass is 32.1. The van der Waals surface area contributed by atoms with Crippen LogP contribution in [0, 0.1) is 6.92 Å². The van der Waals surface area contributed by atoms with Gasteiger partial charge in [0.2, 0.25) is 5.89 Å². The van der Waals surface area contributed by atoms with E-state index in [9.17, 15) is 9.59 Å². The number of para-hydroxylation sites is 1. The monoisotopic (exact) mass is 539 g/mol. The van der Waals surface area contributed by atoms with Gasteiger partial charge in [-0.1, -0.05) is 18.2 Å². The topological polar surface area (TPSA) is 97.7 Å². The van der Waals surface area contributed by atoms with Crippen LogP contribution in [-0.4, -0.2) is 40.5 Å². The molecule has 0 saturated carbocycles. The lowest BCUT2D eigenvalue weighted by atomic mass is 10.1. The molecule has 3 aromatic heterocycles. The van der Waals surface area contributed by atoms with E-state index >= 15 is 0 Å². The number of nitrogens with zero attached hydrogens (tertiary/aromatic N) is 3. The first-order valence-corrected chi connectivity index (χ1v) is 13.6. The van der Waals surface area contributed by atoms with Crippen LogP contribution in [-0.2, 0) is 21.6 Å². The number of ether oxygens (including phenoxy) is 3. The van der Waals surface area contributed by atoms with Crippen LogP contribution >= 0.6 is 11.3 Å². The van der Waals surface area contributed by atoms with Crippen molar-refractivity contribution < 1.29 is 18.6 Å². The van der Waals surface area contributed by atoms with Gasteiger partial charge in [-0.05, 0) is 52.2 Å². The predicted molar refractivity (Wildman–Crippen MR) is 146 cm³/mol. The van der Waals surface area contributed by atoms with Gasteiger partial charge < -0.3 is 18.6 Å². The van der Waals surface area contributed by atoms with Gasteiger partial charge in [-0.25, -0.2) is 9.78 Å². The standard InChI is InChI=1S/C28H33N3O6S/c1-17-22-25(32)31(28(2,3)4)27(33)30(26(22)38-23(17)24-29-12-15-36-24)16-21(37-18-10-13-35-14-11-18)19-8-6-7-9-20(19)34-5/h6-9,12,15,18,21H,10-11,13-14,16H2,1-5H3/t21-/m0/s1. The number of oxazole rings is 1. The van der Waals surface area contributed by atoms with Crippen LogP contribution in [0.5, 0.6) is 5.75 Å². The van der Waals surface area contributed by atoms with Gasteiger partial charge in [-0.3, -0.25) is 13.9 Å². The minimum atomic E-state index is -0.733. The average molecular weight is 540 g/mol. The van der Waals surface area contributed by atoms with Crippen LogP contribution in [0.2, 0.25) is 0 Å². The largest absolute Gasteiger partial charge is 0.496 e. The van der Waals surface area contributed by atoms with Gasteiger partial charge in [-0.15, -0.1) is 11.3 Å². The summed E-state index contributed by atoms with van der Waals surface area (Å²) < 4.78 is 26.4. The van der Waals surface area contributed by atoms with E-state index in [-0.39, 0.29) is 23.9 Å². The molecule has 1 saturated heterocycles. The minimum Gasteiger partial charge on any atom is -0.496 e. The lowest BCUT2D eigenvalue weighted by Crippen LogP contribution is -2.48. The van der Waals surface area contributed by atoms with Crippen LogP contribution in [0.1, 0.15) is 50.8 Å². The summed E-state index contributed by atoms with van der Waals surface area (Å²) in [5, 5.41) is 0.488. The third kappa shape index (κ3) is 4.83. The van der Waals surface area contributed by atoms with Crippen LogP contribution in [0.15, 0.2) is 50.7 Å². The molecule has 0 radical (unpaired) electrons. The number of fused-ring (bicyclic) bond motifs is 1.